The molecule has 1 N–H and O–H groups in total. The lowest BCUT2D eigenvalue weighted by atomic mass is 9.90. The predicted molar refractivity (Wildman–Crippen MR) is 82.9 cm³/mol. The van der Waals surface area contributed by atoms with E-state index in [1.165, 1.54) is 0 Å². The normalized spacial score (nSPS) is 21.5. The molecule has 5 heteroatoms. The van der Waals surface area contributed by atoms with Crippen LogP contribution in [0, 0.1) is 25.7 Å². The lowest BCUT2D eigenvalue weighted by Crippen LogP contribution is -2.47. The summed E-state index contributed by atoms with van der Waals surface area (Å²) >= 11 is 0. The number of rotatable bonds is 4. The number of likely N-dealkylation sites (tertiary alicyclic amines) is 1. The van der Waals surface area contributed by atoms with E-state index in [0.29, 0.717) is 18.7 Å². The Morgan fingerprint density at radius 3 is 2.68 bits per heavy atom. The first-order chi connectivity index (χ1) is 10.4. The summed E-state index contributed by atoms with van der Waals surface area (Å²) in [6, 6.07) is 5.80. The van der Waals surface area contributed by atoms with Crippen molar-refractivity contribution in [2.75, 3.05) is 19.7 Å². The highest BCUT2D eigenvalue weighted by atomic mass is 16.5. The van der Waals surface area contributed by atoms with E-state index in [9.17, 15) is 9.59 Å². The van der Waals surface area contributed by atoms with Crippen molar-refractivity contribution in [3.05, 3.63) is 29.3 Å². The monoisotopic (exact) mass is 305 g/mol. The van der Waals surface area contributed by atoms with Crippen LogP contribution in [-0.2, 0) is 9.59 Å². The number of carboxylic acids is 1. The summed E-state index contributed by atoms with van der Waals surface area (Å²) in [5, 5.41) is 9.16. The number of hydrogen-bond acceptors (Lipinski definition) is 3. The number of hydrogen-bond donors (Lipinski definition) is 1. The molecule has 2 unspecified atom stereocenters. The largest absolute Gasteiger partial charge is 0.484 e. The molecule has 120 valence electrons. The van der Waals surface area contributed by atoms with Crippen LogP contribution in [0.2, 0.25) is 0 Å². The van der Waals surface area contributed by atoms with Crippen LogP contribution < -0.4 is 4.74 Å². The minimum atomic E-state index is -0.834. The van der Waals surface area contributed by atoms with Gasteiger partial charge in [-0.15, -0.1) is 0 Å². The summed E-state index contributed by atoms with van der Waals surface area (Å²) in [5.74, 6) is -0.579. The van der Waals surface area contributed by atoms with Crippen LogP contribution in [-0.4, -0.2) is 41.6 Å². The highest BCUT2D eigenvalue weighted by Crippen LogP contribution is 2.23. The minimum Gasteiger partial charge on any atom is -0.484 e. The Kier molecular flexibility index (Phi) is 5.06. The van der Waals surface area contributed by atoms with E-state index in [0.717, 1.165) is 11.1 Å². The molecule has 0 aromatic heterocycles. The van der Waals surface area contributed by atoms with E-state index in [4.69, 9.17) is 9.84 Å². The molecule has 2 atom stereocenters. The standard InChI is InChI=1S/C17H23NO4/c1-11-4-5-15(13(3)6-11)22-10-16(19)18-8-12(2)7-14(9-18)17(20)21/h4-6,12,14H,7-10H2,1-3H3,(H,20,21). The second-order valence-electron chi connectivity index (χ2n) is 6.23. The maximum atomic E-state index is 12.3. The molecule has 0 saturated carbocycles. The van der Waals surface area contributed by atoms with Crippen LogP contribution >= 0.6 is 0 Å². The smallest absolute Gasteiger partial charge is 0.308 e. The number of carboxylic acid groups (broad SMARTS) is 1. The van der Waals surface area contributed by atoms with Gasteiger partial charge in [0.25, 0.3) is 5.91 Å². The molecule has 0 bridgehead atoms. The van der Waals surface area contributed by atoms with Crippen molar-refractivity contribution in [2.45, 2.75) is 27.2 Å². The topological polar surface area (TPSA) is 66.8 Å². The van der Waals surface area contributed by atoms with Crippen molar-refractivity contribution in [2.24, 2.45) is 11.8 Å². The molecular formula is C17H23NO4. The number of benzene rings is 1. The molecule has 1 aromatic rings. The molecule has 1 aromatic carbocycles. The van der Waals surface area contributed by atoms with Gasteiger partial charge < -0.3 is 14.7 Å². The zero-order chi connectivity index (χ0) is 16.3. The van der Waals surface area contributed by atoms with Crippen molar-refractivity contribution in [1.82, 2.24) is 4.90 Å². The van der Waals surface area contributed by atoms with Gasteiger partial charge >= 0.3 is 5.97 Å². The van der Waals surface area contributed by atoms with Gasteiger partial charge in [-0.2, -0.15) is 0 Å². The zero-order valence-electron chi connectivity index (χ0n) is 13.3. The van der Waals surface area contributed by atoms with Crippen LogP contribution in [0.4, 0.5) is 0 Å². The third-order valence-corrected chi connectivity index (χ3v) is 4.04. The summed E-state index contributed by atoms with van der Waals surface area (Å²) in [7, 11) is 0. The van der Waals surface area contributed by atoms with E-state index in [1.807, 2.05) is 39.0 Å². The first-order valence-electron chi connectivity index (χ1n) is 7.57. The molecule has 1 heterocycles. The molecule has 0 spiro atoms. The third kappa shape index (κ3) is 4.00. The average Bonchev–Trinajstić information content (AvgIpc) is 2.45. The molecule has 2 rings (SSSR count). The number of amides is 1. The van der Waals surface area contributed by atoms with Gasteiger partial charge in [0.05, 0.1) is 5.92 Å². The number of nitrogens with zero attached hydrogens (tertiary/aromatic N) is 1. The van der Waals surface area contributed by atoms with Gasteiger partial charge in [-0.1, -0.05) is 24.6 Å². The van der Waals surface area contributed by atoms with E-state index >= 15 is 0 Å². The van der Waals surface area contributed by atoms with Gasteiger partial charge in [-0.25, -0.2) is 0 Å². The molecule has 5 nitrogen and oxygen atoms in total. The summed E-state index contributed by atoms with van der Waals surface area (Å²) in [5.41, 5.74) is 2.13. The maximum absolute atomic E-state index is 12.3. The van der Waals surface area contributed by atoms with Crippen molar-refractivity contribution < 1.29 is 19.4 Å². The van der Waals surface area contributed by atoms with Crippen LogP contribution in [0.15, 0.2) is 18.2 Å². The van der Waals surface area contributed by atoms with E-state index < -0.39 is 11.9 Å². The third-order valence-electron chi connectivity index (χ3n) is 4.04. The lowest BCUT2D eigenvalue weighted by molar-refractivity contribution is -0.147. The SMILES string of the molecule is Cc1ccc(OCC(=O)N2CC(C)CC(C(=O)O)C2)c(C)c1. The zero-order valence-corrected chi connectivity index (χ0v) is 13.3. The van der Waals surface area contributed by atoms with Gasteiger partial charge in [0, 0.05) is 13.1 Å². The summed E-state index contributed by atoms with van der Waals surface area (Å²) in [6.07, 6.45) is 0.622. The van der Waals surface area contributed by atoms with Crippen LogP contribution in [0.25, 0.3) is 0 Å². The molecule has 1 aliphatic heterocycles. The number of piperidine rings is 1. The summed E-state index contributed by atoms with van der Waals surface area (Å²) < 4.78 is 5.60. The second kappa shape index (κ2) is 6.81. The Morgan fingerprint density at radius 2 is 2.05 bits per heavy atom. The average molecular weight is 305 g/mol. The maximum Gasteiger partial charge on any atom is 0.308 e. The fourth-order valence-electron chi connectivity index (χ4n) is 2.93. The Labute approximate surface area is 130 Å². The molecule has 1 saturated heterocycles. The Bertz CT molecular complexity index is 570. The van der Waals surface area contributed by atoms with Gasteiger partial charge in [0.2, 0.25) is 0 Å². The Morgan fingerprint density at radius 1 is 1.32 bits per heavy atom. The molecule has 1 amide bonds. The van der Waals surface area contributed by atoms with E-state index in [-0.39, 0.29) is 25.0 Å². The fourth-order valence-corrected chi connectivity index (χ4v) is 2.93. The second-order valence-corrected chi connectivity index (χ2v) is 6.23. The van der Waals surface area contributed by atoms with Gasteiger partial charge in [-0.05, 0) is 37.8 Å². The number of ether oxygens (including phenoxy) is 1. The van der Waals surface area contributed by atoms with Crippen LogP contribution in [0.1, 0.15) is 24.5 Å². The van der Waals surface area contributed by atoms with Crippen molar-refractivity contribution in [3.8, 4) is 5.75 Å². The van der Waals surface area contributed by atoms with Crippen molar-refractivity contribution in [3.63, 3.8) is 0 Å². The number of aliphatic carboxylic acids is 1. The Hall–Kier alpha value is -2.04. The summed E-state index contributed by atoms with van der Waals surface area (Å²) in [4.78, 5) is 25.0. The number of carbonyl (C=O) groups excluding carboxylic acids is 1. The molecular weight excluding hydrogens is 282 g/mol. The van der Waals surface area contributed by atoms with E-state index in [1.54, 1.807) is 4.90 Å². The molecule has 22 heavy (non-hydrogen) atoms. The predicted octanol–water partition coefficient (Wildman–Crippen LogP) is 2.25. The summed E-state index contributed by atoms with van der Waals surface area (Å²) in [6.45, 7) is 6.73. The quantitative estimate of drug-likeness (QED) is 0.926. The first kappa shape index (κ1) is 16.3. The van der Waals surface area contributed by atoms with Crippen molar-refractivity contribution in [1.29, 1.82) is 0 Å². The molecule has 1 aliphatic rings. The van der Waals surface area contributed by atoms with Gasteiger partial charge in [0.15, 0.2) is 6.61 Å². The number of carbonyl (C=O) groups is 2. The van der Waals surface area contributed by atoms with E-state index in [2.05, 4.69) is 0 Å². The lowest BCUT2D eigenvalue weighted by Gasteiger charge is -2.34. The molecule has 1 fully saturated rings. The van der Waals surface area contributed by atoms with Crippen molar-refractivity contribution >= 4 is 11.9 Å². The van der Waals surface area contributed by atoms with Gasteiger partial charge in [-0.3, -0.25) is 9.59 Å². The van der Waals surface area contributed by atoms with Gasteiger partial charge in [0.1, 0.15) is 5.75 Å². The molecule has 0 radical (unpaired) electrons. The fraction of sp³-hybridized carbons (Fsp3) is 0.529. The van der Waals surface area contributed by atoms with Crippen LogP contribution in [0.5, 0.6) is 5.75 Å². The number of aryl methyl sites for hydroxylation is 2. The highest BCUT2D eigenvalue weighted by Gasteiger charge is 2.31. The highest BCUT2D eigenvalue weighted by molar-refractivity contribution is 5.79. The van der Waals surface area contributed by atoms with Crippen LogP contribution in [0.3, 0.4) is 0 Å². The first-order valence-corrected chi connectivity index (χ1v) is 7.57. The molecule has 0 aliphatic carbocycles. The Balaban J connectivity index is 1.95. The minimum absolute atomic E-state index is 0.0526.